The van der Waals surface area contributed by atoms with E-state index < -0.39 is 0 Å². The molecular weight excluding hydrogens is 200 g/mol. The maximum Gasteiger partial charge on any atom is 0.231 e. The van der Waals surface area contributed by atoms with Gasteiger partial charge < -0.3 is 5.73 Å². The van der Waals surface area contributed by atoms with Crippen LogP contribution in [0.2, 0.25) is 0 Å². The van der Waals surface area contributed by atoms with E-state index in [2.05, 4.69) is 19.1 Å². The van der Waals surface area contributed by atoms with Gasteiger partial charge in [-0.15, -0.1) is 0 Å². The molecule has 2 N–H and O–H groups in total. The Kier molecular flexibility index (Phi) is 4.99. The Hall–Kier alpha value is -1.35. The van der Waals surface area contributed by atoms with E-state index in [1.807, 2.05) is 30.1 Å². The zero-order valence-corrected chi connectivity index (χ0v) is 10.0. The monoisotopic (exact) mass is 220 g/mol. The average Bonchev–Trinajstić information content (AvgIpc) is 2.26. The summed E-state index contributed by atoms with van der Waals surface area (Å²) in [5.74, 6) is -0.269. The second kappa shape index (κ2) is 6.28. The fourth-order valence-corrected chi connectivity index (χ4v) is 1.87. The molecule has 3 heteroatoms. The third kappa shape index (κ3) is 4.03. The van der Waals surface area contributed by atoms with Gasteiger partial charge in [-0.25, -0.2) is 0 Å². The van der Waals surface area contributed by atoms with E-state index in [-0.39, 0.29) is 5.91 Å². The summed E-state index contributed by atoms with van der Waals surface area (Å²) < 4.78 is 0. The molecule has 0 saturated heterocycles. The lowest BCUT2D eigenvalue weighted by Gasteiger charge is -2.25. The molecule has 1 atom stereocenters. The normalized spacial score (nSPS) is 12.7. The SMILES string of the molecule is CCC(Cc1ccccc1)N(C)CC(N)=O. The third-order valence-corrected chi connectivity index (χ3v) is 2.81. The van der Waals surface area contributed by atoms with Gasteiger partial charge in [0.05, 0.1) is 6.54 Å². The van der Waals surface area contributed by atoms with Gasteiger partial charge in [0.1, 0.15) is 0 Å². The summed E-state index contributed by atoms with van der Waals surface area (Å²) >= 11 is 0. The average molecular weight is 220 g/mol. The second-order valence-electron chi connectivity index (χ2n) is 4.13. The number of nitrogens with two attached hydrogens (primary N) is 1. The zero-order valence-electron chi connectivity index (χ0n) is 10.0. The van der Waals surface area contributed by atoms with Gasteiger partial charge in [0, 0.05) is 6.04 Å². The van der Waals surface area contributed by atoms with Gasteiger partial charge in [-0.3, -0.25) is 9.69 Å². The van der Waals surface area contributed by atoms with Crippen molar-refractivity contribution in [2.24, 2.45) is 5.73 Å². The smallest absolute Gasteiger partial charge is 0.231 e. The maximum atomic E-state index is 10.9. The number of hydrogen-bond acceptors (Lipinski definition) is 2. The van der Waals surface area contributed by atoms with Crippen molar-refractivity contribution in [1.82, 2.24) is 4.90 Å². The number of likely N-dealkylation sites (N-methyl/N-ethyl adjacent to an activating group) is 1. The Balaban J connectivity index is 2.58. The van der Waals surface area contributed by atoms with Crippen LogP contribution in [0, 0.1) is 0 Å². The molecule has 16 heavy (non-hydrogen) atoms. The third-order valence-electron chi connectivity index (χ3n) is 2.81. The molecule has 0 spiro atoms. The van der Waals surface area contributed by atoms with Crippen LogP contribution in [0.15, 0.2) is 30.3 Å². The van der Waals surface area contributed by atoms with Crippen LogP contribution in [-0.2, 0) is 11.2 Å². The van der Waals surface area contributed by atoms with Crippen molar-refractivity contribution >= 4 is 5.91 Å². The Morgan fingerprint density at radius 3 is 2.50 bits per heavy atom. The van der Waals surface area contributed by atoms with Crippen molar-refractivity contribution < 1.29 is 4.79 Å². The van der Waals surface area contributed by atoms with Crippen LogP contribution < -0.4 is 5.73 Å². The van der Waals surface area contributed by atoms with Gasteiger partial charge in [0.25, 0.3) is 0 Å². The molecule has 1 aromatic rings. The van der Waals surface area contributed by atoms with Crippen LogP contribution in [0.25, 0.3) is 0 Å². The van der Waals surface area contributed by atoms with Crippen LogP contribution >= 0.6 is 0 Å². The van der Waals surface area contributed by atoms with E-state index in [1.54, 1.807) is 0 Å². The minimum absolute atomic E-state index is 0.269. The lowest BCUT2D eigenvalue weighted by Crippen LogP contribution is -2.39. The Labute approximate surface area is 97.2 Å². The van der Waals surface area contributed by atoms with Crippen molar-refractivity contribution in [3.05, 3.63) is 35.9 Å². The molecule has 0 aromatic heterocycles. The lowest BCUT2D eigenvalue weighted by molar-refractivity contribution is -0.119. The van der Waals surface area contributed by atoms with Crippen LogP contribution in [-0.4, -0.2) is 30.4 Å². The number of carbonyl (C=O) groups is 1. The molecule has 0 bridgehead atoms. The number of benzene rings is 1. The predicted octanol–water partition coefficient (Wildman–Crippen LogP) is 1.42. The molecule has 3 nitrogen and oxygen atoms in total. The van der Waals surface area contributed by atoms with Crippen molar-refractivity contribution in [2.75, 3.05) is 13.6 Å². The first kappa shape index (κ1) is 12.7. The van der Waals surface area contributed by atoms with Crippen LogP contribution in [0.3, 0.4) is 0 Å². The van der Waals surface area contributed by atoms with E-state index in [4.69, 9.17) is 5.73 Å². The van der Waals surface area contributed by atoms with E-state index >= 15 is 0 Å². The summed E-state index contributed by atoms with van der Waals surface area (Å²) in [5, 5.41) is 0. The van der Waals surface area contributed by atoms with Crippen LogP contribution in [0.1, 0.15) is 18.9 Å². The highest BCUT2D eigenvalue weighted by Gasteiger charge is 2.14. The van der Waals surface area contributed by atoms with Gasteiger partial charge >= 0.3 is 0 Å². The van der Waals surface area contributed by atoms with Crippen molar-refractivity contribution in [1.29, 1.82) is 0 Å². The number of primary amides is 1. The molecule has 0 aliphatic carbocycles. The highest BCUT2D eigenvalue weighted by Crippen LogP contribution is 2.10. The standard InChI is InChI=1S/C13H20N2O/c1-3-12(15(2)10-13(14)16)9-11-7-5-4-6-8-11/h4-8,12H,3,9-10H2,1-2H3,(H2,14,16). The molecule has 0 aliphatic heterocycles. The molecule has 0 aliphatic rings. The maximum absolute atomic E-state index is 10.9. The molecule has 1 amide bonds. The second-order valence-corrected chi connectivity index (χ2v) is 4.13. The first-order chi connectivity index (χ1) is 7.63. The first-order valence-corrected chi connectivity index (χ1v) is 5.66. The topological polar surface area (TPSA) is 46.3 Å². The van der Waals surface area contributed by atoms with E-state index in [0.717, 1.165) is 12.8 Å². The van der Waals surface area contributed by atoms with Crippen LogP contribution in [0.5, 0.6) is 0 Å². The largest absolute Gasteiger partial charge is 0.369 e. The van der Waals surface area contributed by atoms with Gasteiger partial charge in [-0.2, -0.15) is 0 Å². The van der Waals surface area contributed by atoms with Gasteiger partial charge in [0.15, 0.2) is 0 Å². The summed E-state index contributed by atoms with van der Waals surface area (Å²) in [6.07, 6.45) is 1.97. The highest BCUT2D eigenvalue weighted by molar-refractivity contribution is 5.75. The Morgan fingerprint density at radius 1 is 1.38 bits per heavy atom. The van der Waals surface area contributed by atoms with Gasteiger partial charge in [-0.05, 0) is 25.5 Å². The number of rotatable bonds is 6. The molecule has 0 radical (unpaired) electrons. The Morgan fingerprint density at radius 2 is 2.00 bits per heavy atom. The quantitative estimate of drug-likeness (QED) is 0.788. The summed E-state index contributed by atoms with van der Waals surface area (Å²) in [6, 6.07) is 10.7. The summed E-state index contributed by atoms with van der Waals surface area (Å²) in [6.45, 7) is 2.45. The minimum Gasteiger partial charge on any atom is -0.369 e. The molecular formula is C13H20N2O. The lowest BCUT2D eigenvalue weighted by atomic mass is 10.0. The zero-order chi connectivity index (χ0) is 12.0. The van der Waals surface area contributed by atoms with E-state index in [9.17, 15) is 4.79 Å². The molecule has 1 unspecified atom stereocenters. The number of hydrogen-bond donors (Lipinski definition) is 1. The Bertz CT molecular complexity index is 324. The number of carbonyl (C=O) groups excluding carboxylic acids is 1. The number of nitrogens with zero attached hydrogens (tertiary/aromatic N) is 1. The highest BCUT2D eigenvalue weighted by atomic mass is 16.1. The fourth-order valence-electron chi connectivity index (χ4n) is 1.87. The predicted molar refractivity (Wildman–Crippen MR) is 66.0 cm³/mol. The fraction of sp³-hybridized carbons (Fsp3) is 0.462. The minimum atomic E-state index is -0.269. The first-order valence-electron chi connectivity index (χ1n) is 5.66. The number of amides is 1. The van der Waals surface area contributed by atoms with Crippen LogP contribution in [0.4, 0.5) is 0 Å². The molecule has 1 rings (SSSR count). The molecule has 0 heterocycles. The summed E-state index contributed by atoms with van der Waals surface area (Å²) in [5.41, 5.74) is 6.50. The molecule has 88 valence electrons. The van der Waals surface area contributed by atoms with Crippen molar-refractivity contribution in [2.45, 2.75) is 25.8 Å². The molecule has 0 saturated carbocycles. The summed E-state index contributed by atoms with van der Waals surface area (Å²) in [7, 11) is 1.95. The molecule has 0 fully saturated rings. The summed E-state index contributed by atoms with van der Waals surface area (Å²) in [4.78, 5) is 12.9. The van der Waals surface area contributed by atoms with E-state index in [1.165, 1.54) is 5.56 Å². The van der Waals surface area contributed by atoms with Gasteiger partial charge in [0.2, 0.25) is 5.91 Å². The van der Waals surface area contributed by atoms with Gasteiger partial charge in [-0.1, -0.05) is 37.3 Å². The van der Waals surface area contributed by atoms with Crippen molar-refractivity contribution in [3.63, 3.8) is 0 Å². The van der Waals surface area contributed by atoms with E-state index in [0.29, 0.717) is 12.6 Å². The molecule has 1 aromatic carbocycles. The van der Waals surface area contributed by atoms with Crippen molar-refractivity contribution in [3.8, 4) is 0 Å².